The van der Waals surface area contributed by atoms with Crippen molar-refractivity contribution in [3.8, 4) is 16.9 Å². The number of nitrogens with zero attached hydrogens (tertiary/aromatic N) is 2. The van der Waals surface area contributed by atoms with Gasteiger partial charge < -0.3 is 9.47 Å². The molecular formula is C30H29F3N2O5. The second-order valence-corrected chi connectivity index (χ2v) is 9.76. The van der Waals surface area contributed by atoms with Crippen LogP contribution in [0.1, 0.15) is 30.9 Å². The van der Waals surface area contributed by atoms with Gasteiger partial charge in [-0.05, 0) is 66.9 Å². The average Bonchev–Trinajstić information content (AvgIpc) is 3.27. The number of hydrogen-bond donors (Lipinski definition) is 0. The number of ether oxygens (including phenoxy) is 2. The van der Waals surface area contributed by atoms with Crippen molar-refractivity contribution in [3.05, 3.63) is 83.2 Å². The normalized spacial score (nSPS) is 16.2. The molecule has 10 heteroatoms. The zero-order valence-corrected chi connectivity index (χ0v) is 22.2. The number of piperidine rings is 1. The molecule has 0 N–H and O–H groups in total. The SMILES string of the molecule is CCOc1cc(CN2CCC3(CC2)CN(c2ccccc2)C(=O)O3)c(-c2ccc(F)c(F)c2F)cc1C.O=C=O. The van der Waals surface area contributed by atoms with Gasteiger partial charge in [0.2, 0.25) is 0 Å². The number of anilines is 1. The monoisotopic (exact) mass is 554 g/mol. The van der Waals surface area contributed by atoms with Crippen molar-refractivity contribution in [2.24, 2.45) is 0 Å². The second-order valence-electron chi connectivity index (χ2n) is 9.76. The van der Waals surface area contributed by atoms with Gasteiger partial charge in [-0.25, -0.2) is 18.0 Å². The molecule has 1 amide bonds. The lowest BCUT2D eigenvalue weighted by Crippen LogP contribution is -2.46. The Hall–Kier alpha value is -4.14. The minimum Gasteiger partial charge on any atom is -0.494 e. The van der Waals surface area contributed by atoms with Crippen molar-refractivity contribution < 1.29 is 37.0 Å². The topological polar surface area (TPSA) is 76.2 Å². The van der Waals surface area contributed by atoms with Gasteiger partial charge in [0.05, 0.1) is 13.2 Å². The molecule has 0 atom stereocenters. The molecule has 2 saturated heterocycles. The van der Waals surface area contributed by atoms with Gasteiger partial charge in [0.15, 0.2) is 17.5 Å². The molecular weight excluding hydrogens is 525 g/mol. The highest BCUT2D eigenvalue weighted by atomic mass is 19.2. The van der Waals surface area contributed by atoms with Gasteiger partial charge in [-0.3, -0.25) is 9.80 Å². The molecule has 40 heavy (non-hydrogen) atoms. The van der Waals surface area contributed by atoms with Crippen LogP contribution in [-0.2, 0) is 20.9 Å². The molecule has 7 nitrogen and oxygen atoms in total. The van der Waals surface area contributed by atoms with Gasteiger partial charge in [0, 0.05) is 43.7 Å². The fraction of sp³-hybridized carbons (Fsp3) is 0.333. The lowest BCUT2D eigenvalue weighted by atomic mass is 9.90. The van der Waals surface area contributed by atoms with E-state index >= 15 is 0 Å². The number of amides is 1. The minimum absolute atomic E-state index is 0.0109. The third-order valence-corrected chi connectivity index (χ3v) is 7.23. The van der Waals surface area contributed by atoms with E-state index < -0.39 is 23.1 Å². The van der Waals surface area contributed by atoms with Crippen LogP contribution < -0.4 is 9.64 Å². The quantitative estimate of drug-likeness (QED) is 0.354. The standard InChI is InChI=1S/C29H29F3N2O3.CO2/c1-3-36-25-16-20(23(15-19(25)2)22-9-10-24(30)27(32)26(22)31)17-33-13-11-29(12-14-33)18-34(28(35)37-29)21-7-5-4-6-8-21;2-1-3/h4-10,15-16H,3,11-14,17-18H2,1-2H3;. The summed E-state index contributed by atoms with van der Waals surface area (Å²) in [5.41, 5.74) is 2.30. The van der Waals surface area contributed by atoms with E-state index in [1.165, 1.54) is 6.07 Å². The van der Waals surface area contributed by atoms with Crippen LogP contribution in [0.5, 0.6) is 5.75 Å². The molecule has 5 rings (SSSR count). The number of hydrogen-bond acceptors (Lipinski definition) is 6. The van der Waals surface area contributed by atoms with E-state index in [-0.39, 0.29) is 17.8 Å². The van der Waals surface area contributed by atoms with Gasteiger partial charge in [-0.2, -0.15) is 9.59 Å². The molecule has 0 aliphatic carbocycles. The van der Waals surface area contributed by atoms with Crippen molar-refractivity contribution in [2.45, 2.75) is 38.8 Å². The maximum Gasteiger partial charge on any atom is 0.415 e. The summed E-state index contributed by atoms with van der Waals surface area (Å²) in [6, 6.07) is 15.3. The Balaban J connectivity index is 0.00000118. The molecule has 0 radical (unpaired) electrons. The summed E-state index contributed by atoms with van der Waals surface area (Å²) in [6.07, 6.45) is 1.22. The summed E-state index contributed by atoms with van der Waals surface area (Å²) in [5.74, 6) is -3.24. The maximum absolute atomic E-state index is 14.8. The van der Waals surface area contributed by atoms with Crippen LogP contribution in [0.3, 0.4) is 0 Å². The van der Waals surface area contributed by atoms with Crippen molar-refractivity contribution in [3.63, 3.8) is 0 Å². The zero-order chi connectivity index (χ0) is 28.9. The molecule has 2 aliphatic rings. The number of para-hydroxylation sites is 1. The van der Waals surface area contributed by atoms with E-state index in [1.54, 1.807) is 11.0 Å². The van der Waals surface area contributed by atoms with E-state index in [9.17, 15) is 18.0 Å². The van der Waals surface area contributed by atoms with E-state index in [0.717, 1.165) is 22.9 Å². The van der Waals surface area contributed by atoms with Crippen LogP contribution in [0.15, 0.2) is 54.6 Å². The number of halogens is 3. The van der Waals surface area contributed by atoms with Gasteiger partial charge in [-0.1, -0.05) is 18.2 Å². The fourth-order valence-corrected chi connectivity index (χ4v) is 5.21. The molecule has 1 spiro atoms. The molecule has 0 unspecified atom stereocenters. The van der Waals surface area contributed by atoms with Crippen molar-refractivity contribution in [1.82, 2.24) is 4.90 Å². The van der Waals surface area contributed by atoms with Crippen molar-refractivity contribution in [1.29, 1.82) is 0 Å². The third kappa shape index (κ3) is 6.03. The smallest absolute Gasteiger partial charge is 0.415 e. The molecule has 0 saturated carbocycles. The first-order chi connectivity index (χ1) is 19.2. The molecule has 210 valence electrons. The summed E-state index contributed by atoms with van der Waals surface area (Å²) in [4.78, 5) is 32.7. The first-order valence-electron chi connectivity index (χ1n) is 12.9. The highest BCUT2D eigenvalue weighted by molar-refractivity contribution is 5.90. The maximum atomic E-state index is 14.8. The predicted octanol–water partition coefficient (Wildman–Crippen LogP) is 5.89. The van der Waals surface area contributed by atoms with Gasteiger partial charge in [0.1, 0.15) is 11.4 Å². The first kappa shape index (κ1) is 28.9. The molecule has 2 fully saturated rings. The summed E-state index contributed by atoms with van der Waals surface area (Å²) in [7, 11) is 0. The Morgan fingerprint density at radius 2 is 1.65 bits per heavy atom. The number of aryl methyl sites for hydroxylation is 1. The summed E-state index contributed by atoms with van der Waals surface area (Å²) < 4.78 is 54.1. The van der Waals surface area contributed by atoms with Gasteiger partial charge >= 0.3 is 12.2 Å². The van der Waals surface area contributed by atoms with E-state index in [2.05, 4.69) is 4.90 Å². The number of carbonyl (C=O) groups is 1. The highest BCUT2D eigenvalue weighted by Crippen LogP contribution is 2.38. The summed E-state index contributed by atoms with van der Waals surface area (Å²) in [6.45, 7) is 6.46. The number of likely N-dealkylation sites (tertiary alicyclic amines) is 1. The third-order valence-electron chi connectivity index (χ3n) is 7.23. The Bertz CT molecular complexity index is 1400. The van der Waals surface area contributed by atoms with Crippen LogP contribution in [0.2, 0.25) is 0 Å². The molecule has 0 bridgehead atoms. The minimum atomic E-state index is -1.49. The Morgan fingerprint density at radius 3 is 2.30 bits per heavy atom. The molecule has 2 heterocycles. The molecule has 2 aliphatic heterocycles. The number of rotatable bonds is 6. The van der Waals surface area contributed by atoms with Crippen LogP contribution in [0, 0.1) is 24.4 Å². The van der Waals surface area contributed by atoms with E-state index in [0.29, 0.717) is 56.9 Å². The lowest BCUT2D eigenvalue weighted by Gasteiger charge is -2.37. The van der Waals surface area contributed by atoms with Crippen LogP contribution >= 0.6 is 0 Å². The van der Waals surface area contributed by atoms with Crippen LogP contribution in [0.25, 0.3) is 11.1 Å². The fourth-order valence-electron chi connectivity index (χ4n) is 5.21. The van der Waals surface area contributed by atoms with E-state index in [4.69, 9.17) is 19.1 Å². The molecule has 3 aromatic carbocycles. The van der Waals surface area contributed by atoms with Crippen molar-refractivity contribution in [2.75, 3.05) is 31.1 Å². The largest absolute Gasteiger partial charge is 0.494 e. The van der Waals surface area contributed by atoms with Gasteiger partial charge in [-0.15, -0.1) is 0 Å². The highest BCUT2D eigenvalue weighted by Gasteiger charge is 2.47. The van der Waals surface area contributed by atoms with Crippen LogP contribution in [-0.4, -0.2) is 49.0 Å². The molecule has 0 aromatic heterocycles. The Morgan fingerprint density at radius 1 is 0.975 bits per heavy atom. The number of carbonyl (C=O) groups excluding carboxylic acids is 3. The zero-order valence-electron chi connectivity index (χ0n) is 22.2. The Labute approximate surface area is 230 Å². The lowest BCUT2D eigenvalue weighted by molar-refractivity contribution is -0.191. The second kappa shape index (κ2) is 12.4. The number of benzene rings is 3. The van der Waals surface area contributed by atoms with Gasteiger partial charge in [0.25, 0.3) is 0 Å². The average molecular weight is 555 g/mol. The Kier molecular flexibility index (Phi) is 8.92. The van der Waals surface area contributed by atoms with Crippen molar-refractivity contribution >= 4 is 17.9 Å². The van der Waals surface area contributed by atoms with E-state index in [1.807, 2.05) is 50.2 Å². The summed E-state index contributed by atoms with van der Waals surface area (Å²) >= 11 is 0. The first-order valence-corrected chi connectivity index (χ1v) is 12.9. The van der Waals surface area contributed by atoms with Crippen LogP contribution in [0.4, 0.5) is 23.7 Å². The summed E-state index contributed by atoms with van der Waals surface area (Å²) in [5, 5.41) is 0. The predicted molar refractivity (Wildman–Crippen MR) is 140 cm³/mol. The molecule has 3 aromatic rings.